The van der Waals surface area contributed by atoms with Gasteiger partial charge in [-0.2, -0.15) is 0 Å². The second-order valence-corrected chi connectivity index (χ2v) is 6.68. The lowest BCUT2D eigenvalue weighted by Gasteiger charge is -2.23. The maximum Gasteiger partial charge on any atom is 0.300 e. The molecule has 2 aromatic rings. The van der Waals surface area contributed by atoms with Gasteiger partial charge in [-0.15, -0.1) is 0 Å². The number of H-pyrrole nitrogens is 1. The highest BCUT2D eigenvalue weighted by molar-refractivity contribution is 5.87. The van der Waals surface area contributed by atoms with Crippen LogP contribution in [-0.2, 0) is 23.1 Å². The minimum absolute atomic E-state index is 0.231. The van der Waals surface area contributed by atoms with Gasteiger partial charge < -0.3 is 10.1 Å². The van der Waals surface area contributed by atoms with Crippen LogP contribution in [0.5, 0.6) is 0 Å². The summed E-state index contributed by atoms with van der Waals surface area (Å²) in [5, 5.41) is 8.86. The first-order valence-corrected chi connectivity index (χ1v) is 8.60. The van der Waals surface area contributed by atoms with Crippen LogP contribution in [0.3, 0.4) is 0 Å². The van der Waals surface area contributed by atoms with E-state index in [9.17, 15) is 0 Å². The van der Waals surface area contributed by atoms with Crippen LogP contribution in [0.15, 0.2) is 18.2 Å². The average molecular weight is 317 g/mol. The van der Waals surface area contributed by atoms with Crippen LogP contribution in [0.25, 0.3) is 10.9 Å². The lowest BCUT2D eigenvalue weighted by Crippen LogP contribution is -2.18. The average Bonchev–Trinajstić information content (AvgIpc) is 2.87. The van der Waals surface area contributed by atoms with E-state index in [-0.39, 0.29) is 5.41 Å². The fourth-order valence-electron chi connectivity index (χ4n) is 2.89. The number of fused-ring (bicyclic) bond motifs is 1. The first-order valence-electron chi connectivity index (χ1n) is 8.60. The summed E-state index contributed by atoms with van der Waals surface area (Å²) < 4.78 is 0. The van der Waals surface area contributed by atoms with Crippen molar-refractivity contribution in [2.75, 3.05) is 0 Å². The maximum absolute atomic E-state index is 9.00. The number of carboxylic acid groups (broad SMARTS) is 1. The fraction of sp³-hybridized carbons (Fsp3) is 0.550. The highest BCUT2D eigenvalue weighted by Crippen LogP contribution is 2.35. The van der Waals surface area contributed by atoms with Crippen LogP contribution in [-0.4, -0.2) is 16.1 Å². The maximum atomic E-state index is 9.00. The molecule has 0 aliphatic heterocycles. The van der Waals surface area contributed by atoms with Gasteiger partial charge in [0.2, 0.25) is 0 Å². The quantitative estimate of drug-likeness (QED) is 0.769. The highest BCUT2D eigenvalue weighted by Gasteiger charge is 2.25. The lowest BCUT2D eigenvalue weighted by molar-refractivity contribution is -0.134. The molecule has 0 aliphatic carbocycles. The Kier molecular flexibility index (Phi) is 6.86. The summed E-state index contributed by atoms with van der Waals surface area (Å²) in [6.45, 7) is 12.6. The largest absolute Gasteiger partial charge is 0.481 e. The van der Waals surface area contributed by atoms with Gasteiger partial charge in [0.1, 0.15) is 0 Å². The minimum atomic E-state index is -0.833. The molecular weight excluding hydrogens is 286 g/mol. The van der Waals surface area contributed by atoms with E-state index in [2.05, 4.69) is 57.8 Å². The number of aryl methyl sites for hydroxylation is 2. The van der Waals surface area contributed by atoms with Crippen molar-refractivity contribution in [1.29, 1.82) is 0 Å². The number of hydrogen-bond acceptors (Lipinski definition) is 1. The number of aliphatic carboxylic acids is 1. The molecule has 0 aliphatic rings. The summed E-state index contributed by atoms with van der Waals surface area (Å²) in [6, 6.07) is 6.74. The molecule has 0 saturated heterocycles. The zero-order chi connectivity index (χ0) is 17.6. The van der Waals surface area contributed by atoms with Crippen molar-refractivity contribution in [2.24, 2.45) is 0 Å². The molecule has 3 nitrogen and oxygen atoms in total. The van der Waals surface area contributed by atoms with Crippen LogP contribution in [0.2, 0.25) is 0 Å². The van der Waals surface area contributed by atoms with Gasteiger partial charge in [0.25, 0.3) is 5.97 Å². The predicted molar refractivity (Wildman–Crippen MR) is 98.3 cm³/mol. The summed E-state index contributed by atoms with van der Waals surface area (Å²) >= 11 is 0. The van der Waals surface area contributed by atoms with Gasteiger partial charge in [-0.1, -0.05) is 59.2 Å². The van der Waals surface area contributed by atoms with E-state index in [4.69, 9.17) is 9.90 Å². The number of hydrogen-bond donors (Lipinski definition) is 2. The number of carbonyl (C=O) groups is 1. The SMILES string of the molecule is CC(=O)O.CCCc1c(C(C)(C)CC)[nH]c2c(CC)cccc12. The zero-order valence-corrected chi connectivity index (χ0v) is 15.4. The van der Waals surface area contributed by atoms with Gasteiger partial charge in [0.15, 0.2) is 0 Å². The number of rotatable bonds is 5. The molecule has 0 fully saturated rings. The standard InChI is InChI=1S/C18H27N.C2H4O2/c1-6-10-15-14-12-9-11-13(7-2)16(14)19-17(15)18(4,5)8-3;1-2(3)4/h9,11-12,19H,6-8,10H2,1-5H3;1H3,(H,3,4). The number of para-hydroxylation sites is 1. The van der Waals surface area contributed by atoms with Gasteiger partial charge in [-0.25, -0.2) is 0 Å². The Balaban J connectivity index is 0.000000593. The summed E-state index contributed by atoms with van der Waals surface area (Å²) in [4.78, 5) is 12.8. The molecule has 0 radical (unpaired) electrons. The monoisotopic (exact) mass is 317 g/mol. The minimum Gasteiger partial charge on any atom is -0.481 e. The number of carboxylic acids is 1. The van der Waals surface area contributed by atoms with Crippen LogP contribution in [0.4, 0.5) is 0 Å². The Morgan fingerprint density at radius 2 is 1.83 bits per heavy atom. The van der Waals surface area contributed by atoms with Crippen molar-refractivity contribution >= 4 is 16.9 Å². The molecule has 23 heavy (non-hydrogen) atoms. The third-order valence-electron chi connectivity index (χ3n) is 4.47. The highest BCUT2D eigenvalue weighted by atomic mass is 16.4. The Morgan fingerprint density at radius 3 is 2.30 bits per heavy atom. The first kappa shape index (κ1) is 19.3. The zero-order valence-electron chi connectivity index (χ0n) is 15.4. The van der Waals surface area contributed by atoms with E-state index in [0.29, 0.717) is 0 Å². The van der Waals surface area contributed by atoms with E-state index < -0.39 is 5.97 Å². The molecule has 2 rings (SSSR count). The van der Waals surface area contributed by atoms with Crippen LogP contribution >= 0.6 is 0 Å². The van der Waals surface area contributed by atoms with E-state index in [1.165, 1.54) is 35.0 Å². The van der Waals surface area contributed by atoms with Crippen LogP contribution in [0.1, 0.15) is 71.2 Å². The van der Waals surface area contributed by atoms with Crippen LogP contribution < -0.4 is 0 Å². The summed E-state index contributed by atoms with van der Waals surface area (Å²) in [5.41, 5.74) is 6.03. The number of nitrogens with one attached hydrogen (secondary N) is 1. The molecule has 0 unspecified atom stereocenters. The molecule has 0 atom stereocenters. The van der Waals surface area contributed by atoms with Crippen molar-refractivity contribution in [3.8, 4) is 0 Å². The van der Waals surface area contributed by atoms with Crippen molar-refractivity contribution in [1.82, 2.24) is 4.98 Å². The van der Waals surface area contributed by atoms with Crippen molar-refractivity contribution in [3.63, 3.8) is 0 Å². The van der Waals surface area contributed by atoms with Gasteiger partial charge in [0, 0.05) is 28.9 Å². The normalized spacial score (nSPS) is 11.2. The summed E-state index contributed by atoms with van der Waals surface area (Å²) in [6.07, 6.45) is 4.63. The van der Waals surface area contributed by atoms with Crippen molar-refractivity contribution in [2.45, 2.75) is 72.6 Å². The number of aromatic nitrogens is 1. The molecule has 2 N–H and O–H groups in total. The van der Waals surface area contributed by atoms with Crippen molar-refractivity contribution < 1.29 is 9.90 Å². The van der Waals surface area contributed by atoms with Gasteiger partial charge in [0.05, 0.1) is 0 Å². The first-order chi connectivity index (χ1) is 10.8. The molecule has 1 aromatic carbocycles. The van der Waals surface area contributed by atoms with Gasteiger partial charge in [-0.05, 0) is 30.4 Å². The summed E-state index contributed by atoms with van der Waals surface area (Å²) in [5.74, 6) is -0.833. The molecular formula is C20H31NO2. The molecule has 128 valence electrons. The predicted octanol–water partition coefficient (Wildman–Crippen LogP) is 5.46. The van der Waals surface area contributed by atoms with Gasteiger partial charge >= 0.3 is 0 Å². The Bertz CT molecular complexity index is 649. The molecule has 0 bridgehead atoms. The molecule has 0 amide bonds. The molecule has 0 spiro atoms. The summed E-state index contributed by atoms with van der Waals surface area (Å²) in [7, 11) is 0. The van der Waals surface area contributed by atoms with Crippen LogP contribution in [0, 0.1) is 0 Å². The second-order valence-electron chi connectivity index (χ2n) is 6.68. The Hall–Kier alpha value is -1.77. The fourth-order valence-corrected chi connectivity index (χ4v) is 2.89. The Morgan fingerprint density at radius 1 is 1.22 bits per heavy atom. The van der Waals surface area contributed by atoms with E-state index in [1.807, 2.05) is 0 Å². The molecule has 0 saturated carbocycles. The van der Waals surface area contributed by atoms with E-state index in [1.54, 1.807) is 5.56 Å². The third-order valence-corrected chi connectivity index (χ3v) is 4.47. The smallest absolute Gasteiger partial charge is 0.300 e. The van der Waals surface area contributed by atoms with Crippen molar-refractivity contribution in [3.05, 3.63) is 35.0 Å². The van der Waals surface area contributed by atoms with E-state index >= 15 is 0 Å². The molecule has 3 heteroatoms. The molecule has 1 aromatic heterocycles. The second kappa shape index (κ2) is 8.19. The Labute approximate surface area is 140 Å². The lowest BCUT2D eigenvalue weighted by atomic mass is 9.83. The number of aromatic amines is 1. The topological polar surface area (TPSA) is 53.1 Å². The molecule has 1 heterocycles. The third kappa shape index (κ3) is 4.60. The number of benzene rings is 1. The van der Waals surface area contributed by atoms with E-state index in [0.717, 1.165) is 19.8 Å². The van der Waals surface area contributed by atoms with Gasteiger partial charge in [-0.3, -0.25) is 4.79 Å².